The molecule has 0 amide bonds. The fourth-order valence-electron chi connectivity index (χ4n) is 1.87. The van der Waals surface area contributed by atoms with Crippen LogP contribution in [0.15, 0.2) is 30.3 Å². The van der Waals surface area contributed by atoms with Crippen LogP contribution in [0.3, 0.4) is 0 Å². The van der Waals surface area contributed by atoms with Gasteiger partial charge in [0.25, 0.3) is 0 Å². The Balaban J connectivity index is 2.90. The third kappa shape index (κ3) is 3.32. The summed E-state index contributed by atoms with van der Waals surface area (Å²) < 4.78 is -3.24. The summed E-state index contributed by atoms with van der Waals surface area (Å²) in [6, 6.07) is 8.52. The van der Waals surface area contributed by atoms with E-state index >= 15 is 0 Å². The van der Waals surface area contributed by atoms with Crippen LogP contribution in [-0.2, 0) is 7.59 Å². The summed E-state index contributed by atoms with van der Waals surface area (Å²) in [6.45, 7) is 0. The molecule has 0 aliphatic rings. The molecule has 0 nitrogen and oxygen atoms in total. The number of rotatable bonds is 0. The maximum atomic E-state index is 6.10. The molecule has 2 aromatic rings. The van der Waals surface area contributed by atoms with Crippen LogP contribution in [0.25, 0.3) is 10.8 Å². The number of hydrogen-bond donors (Lipinski definition) is 0. The third-order valence-electron chi connectivity index (χ3n) is 2.60. The highest BCUT2D eigenvalue weighted by Gasteiger charge is 2.31. The van der Waals surface area contributed by atoms with Crippen molar-refractivity contribution in [2.45, 2.75) is 7.59 Å². The molecule has 0 bridgehead atoms. The molecule has 0 aliphatic carbocycles. The molecule has 0 aliphatic heterocycles. The molecule has 0 N–H and O–H groups in total. The van der Waals surface area contributed by atoms with Crippen LogP contribution in [0.2, 0.25) is 5.02 Å². The monoisotopic (exact) mass is 394 g/mol. The lowest BCUT2D eigenvalue weighted by Crippen LogP contribution is -2.06. The topological polar surface area (TPSA) is 0 Å². The molecule has 0 heterocycles. The fraction of sp³-hybridized carbons (Fsp3) is 0.167. The Morgan fingerprint density at radius 1 is 0.684 bits per heavy atom. The van der Waals surface area contributed by atoms with Crippen molar-refractivity contribution >= 4 is 92.0 Å². The van der Waals surface area contributed by atoms with Crippen molar-refractivity contribution in [1.29, 1.82) is 0 Å². The van der Waals surface area contributed by atoms with Gasteiger partial charge in [0, 0.05) is 16.1 Å². The Hall–Kier alpha value is 0.730. The summed E-state index contributed by atoms with van der Waals surface area (Å²) in [7, 11) is 0. The minimum Gasteiger partial charge on any atom is -0.0839 e. The van der Waals surface area contributed by atoms with Gasteiger partial charge in [-0.15, -0.1) is 0 Å². The second-order valence-electron chi connectivity index (χ2n) is 3.82. The first kappa shape index (κ1) is 16.1. The van der Waals surface area contributed by atoms with Gasteiger partial charge < -0.3 is 0 Å². The van der Waals surface area contributed by atoms with Crippen LogP contribution in [0, 0.1) is 0 Å². The van der Waals surface area contributed by atoms with Gasteiger partial charge >= 0.3 is 0 Å². The van der Waals surface area contributed by atoms with Crippen LogP contribution in [0.4, 0.5) is 0 Å². The van der Waals surface area contributed by atoms with Crippen molar-refractivity contribution in [2.24, 2.45) is 0 Å². The molecule has 2 aromatic carbocycles. The van der Waals surface area contributed by atoms with Gasteiger partial charge in [0.15, 0.2) is 0 Å². The van der Waals surface area contributed by atoms with E-state index in [0.717, 1.165) is 0 Å². The van der Waals surface area contributed by atoms with Crippen LogP contribution < -0.4 is 0 Å². The highest BCUT2D eigenvalue weighted by molar-refractivity contribution is 6.68. The highest BCUT2D eigenvalue weighted by atomic mass is 35.6. The van der Waals surface area contributed by atoms with Gasteiger partial charge in [-0.1, -0.05) is 105 Å². The van der Waals surface area contributed by atoms with Crippen molar-refractivity contribution < 1.29 is 0 Å². The third-order valence-corrected chi connectivity index (χ3v) is 4.09. The summed E-state index contributed by atoms with van der Waals surface area (Å²) >= 11 is 41.8. The van der Waals surface area contributed by atoms with E-state index in [1.807, 2.05) is 0 Å². The number of fused-ring (bicyclic) bond motifs is 1. The second kappa shape index (κ2) is 5.50. The predicted octanol–water partition coefficient (Wildman–Crippen LogP) is 7.15. The van der Waals surface area contributed by atoms with Crippen molar-refractivity contribution in [3.63, 3.8) is 0 Å². The average molecular weight is 397 g/mol. The second-order valence-corrected chi connectivity index (χ2v) is 8.79. The van der Waals surface area contributed by atoms with Gasteiger partial charge in [-0.2, -0.15) is 0 Å². The summed E-state index contributed by atoms with van der Waals surface area (Å²) in [5.41, 5.74) is 0.870. The lowest BCUT2D eigenvalue weighted by Gasteiger charge is -2.20. The van der Waals surface area contributed by atoms with Gasteiger partial charge in [-0.25, -0.2) is 0 Å². The number of benzene rings is 2. The lowest BCUT2D eigenvalue weighted by molar-refractivity contribution is 1.25. The molecule has 7 heteroatoms. The first-order valence-corrected chi connectivity index (χ1v) is 7.62. The molecule has 102 valence electrons. The summed E-state index contributed by atoms with van der Waals surface area (Å²) in [5.74, 6) is 0. The molecule has 19 heavy (non-hydrogen) atoms. The highest BCUT2D eigenvalue weighted by Crippen LogP contribution is 2.48. The molecule has 0 atom stereocenters. The van der Waals surface area contributed by atoms with Crippen molar-refractivity contribution in [2.75, 3.05) is 0 Å². The molecule has 0 fully saturated rings. The van der Waals surface area contributed by atoms with Gasteiger partial charge in [0.05, 0.1) is 0 Å². The number of halogens is 7. The Morgan fingerprint density at radius 2 is 1.32 bits per heavy atom. The Kier molecular flexibility index (Phi) is 4.66. The first-order valence-electron chi connectivity index (χ1n) is 4.98. The largest absolute Gasteiger partial charge is 0.218 e. The zero-order valence-corrected chi connectivity index (χ0v) is 14.3. The van der Waals surface area contributed by atoms with E-state index in [9.17, 15) is 0 Å². The predicted molar refractivity (Wildman–Crippen MR) is 87.4 cm³/mol. The molecular formula is C12H5Cl7. The van der Waals surface area contributed by atoms with E-state index in [4.69, 9.17) is 81.2 Å². The smallest absolute Gasteiger partial charge is 0.0839 e. The Morgan fingerprint density at radius 3 is 1.84 bits per heavy atom. The zero-order chi connectivity index (χ0) is 14.4. The summed E-state index contributed by atoms with van der Waals surface area (Å²) in [5, 5.41) is 1.65. The van der Waals surface area contributed by atoms with Crippen LogP contribution >= 0.6 is 81.2 Å². The van der Waals surface area contributed by atoms with E-state index in [2.05, 4.69) is 0 Å². The van der Waals surface area contributed by atoms with Gasteiger partial charge in [0.1, 0.15) is 0 Å². The quantitative estimate of drug-likeness (QED) is 0.414. The average Bonchev–Trinajstić information content (AvgIpc) is 2.24. The van der Waals surface area contributed by atoms with Gasteiger partial charge in [-0.3, -0.25) is 0 Å². The van der Waals surface area contributed by atoms with E-state index in [1.54, 1.807) is 30.3 Å². The van der Waals surface area contributed by atoms with E-state index in [0.29, 0.717) is 26.9 Å². The van der Waals surface area contributed by atoms with E-state index in [1.165, 1.54) is 0 Å². The molecule has 0 aromatic heterocycles. The Bertz CT molecular complexity index is 622. The minimum absolute atomic E-state index is 0.342. The molecule has 0 spiro atoms. The number of hydrogen-bond acceptors (Lipinski definition) is 0. The van der Waals surface area contributed by atoms with E-state index < -0.39 is 7.59 Å². The maximum Gasteiger partial charge on any atom is 0.218 e. The van der Waals surface area contributed by atoms with Crippen LogP contribution in [-0.4, -0.2) is 0 Å². The summed E-state index contributed by atoms with van der Waals surface area (Å²) in [6.07, 6.45) is 0. The zero-order valence-electron chi connectivity index (χ0n) is 9.03. The SMILES string of the molecule is Clc1ccc2c(C(Cl)(Cl)Cl)cccc2c1C(Cl)(Cl)Cl. The van der Waals surface area contributed by atoms with Crippen molar-refractivity contribution in [3.05, 3.63) is 46.5 Å². The molecule has 0 saturated carbocycles. The molecule has 0 saturated heterocycles. The normalized spacial score (nSPS) is 13.0. The van der Waals surface area contributed by atoms with Crippen molar-refractivity contribution in [3.8, 4) is 0 Å². The number of alkyl halides is 6. The Labute approximate surface area is 145 Å². The van der Waals surface area contributed by atoms with Crippen molar-refractivity contribution in [1.82, 2.24) is 0 Å². The molecule has 2 rings (SSSR count). The standard InChI is InChI=1S/C12H5Cl7/c13-9-5-4-6-7(10(9)12(17,18)19)2-1-3-8(6)11(14,15)16/h1-5H. The lowest BCUT2D eigenvalue weighted by atomic mass is 10.0. The molecule has 0 radical (unpaired) electrons. The van der Waals surface area contributed by atoms with Crippen LogP contribution in [0.5, 0.6) is 0 Å². The maximum absolute atomic E-state index is 6.10. The fourth-order valence-corrected chi connectivity index (χ4v) is 3.42. The molecular weight excluding hydrogens is 392 g/mol. The van der Waals surface area contributed by atoms with E-state index in [-0.39, 0.29) is 0 Å². The first-order chi connectivity index (χ1) is 8.62. The van der Waals surface area contributed by atoms with Crippen LogP contribution in [0.1, 0.15) is 11.1 Å². The van der Waals surface area contributed by atoms with Gasteiger partial charge in [0.2, 0.25) is 7.59 Å². The minimum atomic E-state index is -1.66. The molecule has 0 unspecified atom stereocenters. The summed E-state index contributed by atoms with van der Waals surface area (Å²) in [4.78, 5) is 0. The van der Waals surface area contributed by atoms with Gasteiger partial charge in [-0.05, 0) is 16.8 Å².